The number of halogens is 1. The van der Waals surface area contributed by atoms with E-state index in [9.17, 15) is 0 Å². The van der Waals surface area contributed by atoms with E-state index in [4.69, 9.17) is 55.2 Å². The van der Waals surface area contributed by atoms with E-state index in [1.807, 2.05) is 12.1 Å². The highest BCUT2D eigenvalue weighted by Crippen LogP contribution is 2.22. The van der Waals surface area contributed by atoms with Crippen LogP contribution < -0.4 is 11.1 Å². The van der Waals surface area contributed by atoms with Crippen molar-refractivity contribution in [3.8, 4) is 0 Å². The highest BCUT2D eigenvalue weighted by molar-refractivity contribution is 6.31. The maximum Gasteiger partial charge on any atom is 0.0701 e. The number of nitrogens with two attached hydrogens (primary N) is 1. The zero-order chi connectivity index (χ0) is 32.8. The number of anilines is 2. The molecule has 0 aromatic heterocycles. The molecule has 0 saturated carbocycles. The molecule has 1 heterocycles. The van der Waals surface area contributed by atoms with Crippen molar-refractivity contribution in [1.29, 1.82) is 0 Å². The Balaban J connectivity index is 1.17. The third-order valence-electron chi connectivity index (χ3n) is 7.21. The first-order valence-corrected chi connectivity index (χ1v) is 17.4. The van der Waals surface area contributed by atoms with E-state index in [2.05, 4.69) is 22.0 Å². The van der Waals surface area contributed by atoms with Crippen molar-refractivity contribution in [1.82, 2.24) is 9.80 Å². The van der Waals surface area contributed by atoms with Crippen LogP contribution in [0.5, 0.6) is 0 Å². The smallest absolute Gasteiger partial charge is 0.0701 e. The van der Waals surface area contributed by atoms with Crippen LogP contribution >= 0.6 is 11.6 Å². The molecule has 12 nitrogen and oxygen atoms in total. The molecule has 268 valence electrons. The molecule has 0 amide bonds. The van der Waals surface area contributed by atoms with E-state index >= 15 is 0 Å². The first-order chi connectivity index (χ1) is 22.7. The normalized spacial score (nSPS) is 14.3. The summed E-state index contributed by atoms with van der Waals surface area (Å²) in [5.41, 5.74) is 7.50. The largest absolute Gasteiger partial charge is 0.397 e. The van der Waals surface area contributed by atoms with Gasteiger partial charge in [0.2, 0.25) is 0 Å². The molecule has 1 saturated heterocycles. The number of hydrogen-bond donors (Lipinski definition) is 2. The number of nitrogen functional groups attached to an aromatic ring is 1. The summed E-state index contributed by atoms with van der Waals surface area (Å²) in [6.07, 6.45) is 3.19. The molecule has 0 bridgehead atoms. The Morgan fingerprint density at radius 3 is 1.43 bits per heavy atom. The van der Waals surface area contributed by atoms with Crippen molar-refractivity contribution in [3.63, 3.8) is 0 Å². The van der Waals surface area contributed by atoms with E-state index in [-0.39, 0.29) is 0 Å². The van der Waals surface area contributed by atoms with Gasteiger partial charge < -0.3 is 53.8 Å². The van der Waals surface area contributed by atoms with Gasteiger partial charge >= 0.3 is 0 Å². The van der Waals surface area contributed by atoms with Crippen LogP contribution in [-0.2, 0) is 37.9 Å². The summed E-state index contributed by atoms with van der Waals surface area (Å²) in [4.78, 5) is 5.02. The van der Waals surface area contributed by atoms with E-state index < -0.39 is 0 Å². The molecule has 1 aliphatic rings. The zero-order valence-electron chi connectivity index (χ0n) is 28.2. The molecular formula is C33H61ClN4O8. The Morgan fingerprint density at radius 2 is 1.00 bits per heavy atom. The minimum absolute atomic E-state index is 0.527. The quantitative estimate of drug-likeness (QED) is 0.0862. The molecule has 13 heteroatoms. The summed E-state index contributed by atoms with van der Waals surface area (Å²) in [5.74, 6) is 0. The topological polar surface area (TPSA) is 118 Å². The molecule has 1 aromatic rings. The summed E-state index contributed by atoms with van der Waals surface area (Å²) in [6, 6.07) is 5.47. The number of nitrogens with zero attached hydrogens (tertiary/aromatic N) is 2. The standard InChI is InChI=1S/C33H61ClN4O8/c1-2-8-37-9-11-38(12-10-37)13-15-40-17-19-42-21-23-44-25-27-46-29-28-45-26-24-43-22-20-41-18-16-39-14-4-3-7-36-33-6-5-31(34)30-32(33)35/h5-6,30,36H,2-4,7-29,35H2,1H3. The highest BCUT2D eigenvalue weighted by Gasteiger charge is 2.15. The second-order valence-electron chi connectivity index (χ2n) is 10.9. The number of ether oxygens (including phenoxy) is 8. The molecular weight excluding hydrogens is 616 g/mol. The van der Waals surface area contributed by atoms with Gasteiger partial charge in [-0.2, -0.15) is 0 Å². The van der Waals surface area contributed by atoms with E-state index in [0.717, 1.165) is 51.3 Å². The van der Waals surface area contributed by atoms with Crippen molar-refractivity contribution >= 4 is 23.0 Å². The summed E-state index contributed by atoms with van der Waals surface area (Å²) < 4.78 is 44.5. The van der Waals surface area contributed by atoms with Crippen LogP contribution in [-0.4, -0.2) is 161 Å². The lowest BCUT2D eigenvalue weighted by molar-refractivity contribution is -0.0237. The number of piperazine rings is 1. The second-order valence-corrected chi connectivity index (χ2v) is 11.4. The summed E-state index contributed by atoms with van der Waals surface area (Å²) in [5, 5.41) is 3.95. The Hall–Kier alpha value is -1.29. The average Bonchev–Trinajstić information content (AvgIpc) is 3.05. The number of hydrogen-bond acceptors (Lipinski definition) is 12. The predicted octanol–water partition coefficient (Wildman–Crippen LogP) is 3.27. The molecule has 2 rings (SSSR count). The SMILES string of the molecule is CCCN1CCN(CCOCCOCCOCCOCCOCCOCCOCCOCCCCNc2ccc(Cl)cc2N)CC1. The van der Waals surface area contributed by atoms with Gasteiger partial charge in [-0.25, -0.2) is 0 Å². The minimum atomic E-state index is 0.527. The Morgan fingerprint density at radius 1 is 0.587 bits per heavy atom. The zero-order valence-corrected chi connectivity index (χ0v) is 29.0. The van der Waals surface area contributed by atoms with Gasteiger partial charge in [0.15, 0.2) is 0 Å². The third-order valence-corrected chi connectivity index (χ3v) is 7.44. The monoisotopic (exact) mass is 676 g/mol. The number of unbranched alkanes of at least 4 members (excludes halogenated alkanes) is 1. The van der Waals surface area contributed by atoms with E-state index in [1.54, 1.807) is 6.07 Å². The van der Waals surface area contributed by atoms with Gasteiger partial charge in [0.05, 0.1) is 110 Å². The van der Waals surface area contributed by atoms with Gasteiger partial charge in [-0.05, 0) is 44.0 Å². The van der Waals surface area contributed by atoms with Crippen molar-refractivity contribution in [2.24, 2.45) is 0 Å². The fourth-order valence-electron chi connectivity index (χ4n) is 4.63. The summed E-state index contributed by atoms with van der Waals surface area (Å²) in [7, 11) is 0. The molecule has 0 atom stereocenters. The van der Waals surface area contributed by atoms with Crippen LogP contribution in [0.1, 0.15) is 26.2 Å². The Kier molecular flexibility index (Phi) is 26.5. The highest BCUT2D eigenvalue weighted by atomic mass is 35.5. The van der Waals surface area contributed by atoms with Crippen molar-refractivity contribution in [3.05, 3.63) is 23.2 Å². The van der Waals surface area contributed by atoms with Gasteiger partial charge in [0.1, 0.15) is 0 Å². The van der Waals surface area contributed by atoms with Gasteiger partial charge in [-0.3, -0.25) is 4.90 Å². The van der Waals surface area contributed by atoms with Crippen LogP contribution in [0.25, 0.3) is 0 Å². The third kappa shape index (κ3) is 23.1. The van der Waals surface area contributed by atoms with Gasteiger partial charge in [0, 0.05) is 50.9 Å². The molecule has 0 spiro atoms. The number of benzene rings is 1. The van der Waals surface area contributed by atoms with Crippen molar-refractivity contribution in [2.75, 3.05) is 163 Å². The molecule has 0 radical (unpaired) electrons. The Bertz CT molecular complexity index is 824. The minimum Gasteiger partial charge on any atom is -0.397 e. The first kappa shape index (κ1) is 40.9. The maximum absolute atomic E-state index is 5.93. The lowest BCUT2D eigenvalue weighted by Gasteiger charge is -2.34. The molecule has 46 heavy (non-hydrogen) atoms. The van der Waals surface area contributed by atoms with Crippen molar-refractivity contribution < 1.29 is 37.9 Å². The van der Waals surface area contributed by atoms with E-state index in [0.29, 0.717) is 110 Å². The average molecular weight is 677 g/mol. The molecule has 1 aliphatic heterocycles. The number of nitrogens with one attached hydrogen (secondary N) is 1. The summed E-state index contributed by atoms with van der Waals surface area (Å²) in [6.45, 7) is 19.1. The number of rotatable bonds is 32. The van der Waals surface area contributed by atoms with Crippen LogP contribution in [0.3, 0.4) is 0 Å². The fourth-order valence-corrected chi connectivity index (χ4v) is 4.82. The van der Waals surface area contributed by atoms with Gasteiger partial charge in [-0.1, -0.05) is 18.5 Å². The summed E-state index contributed by atoms with van der Waals surface area (Å²) >= 11 is 5.91. The lowest BCUT2D eigenvalue weighted by atomic mass is 10.2. The molecule has 1 aromatic carbocycles. The molecule has 0 aliphatic carbocycles. The molecule has 3 N–H and O–H groups in total. The Labute approximate surface area is 282 Å². The fraction of sp³-hybridized carbons (Fsp3) is 0.818. The van der Waals surface area contributed by atoms with Crippen LogP contribution in [0, 0.1) is 0 Å². The molecule has 1 fully saturated rings. The second kappa shape index (κ2) is 29.8. The maximum atomic E-state index is 5.93. The van der Waals surface area contributed by atoms with Gasteiger partial charge in [-0.15, -0.1) is 0 Å². The van der Waals surface area contributed by atoms with E-state index in [1.165, 1.54) is 26.1 Å². The van der Waals surface area contributed by atoms with Crippen LogP contribution in [0.4, 0.5) is 11.4 Å². The first-order valence-electron chi connectivity index (χ1n) is 17.0. The predicted molar refractivity (Wildman–Crippen MR) is 183 cm³/mol. The lowest BCUT2D eigenvalue weighted by Crippen LogP contribution is -2.47. The van der Waals surface area contributed by atoms with Crippen LogP contribution in [0.2, 0.25) is 5.02 Å². The van der Waals surface area contributed by atoms with Gasteiger partial charge in [0.25, 0.3) is 0 Å². The van der Waals surface area contributed by atoms with Crippen molar-refractivity contribution in [2.45, 2.75) is 26.2 Å². The molecule has 0 unspecified atom stereocenters. The van der Waals surface area contributed by atoms with Crippen LogP contribution in [0.15, 0.2) is 18.2 Å².